The van der Waals surface area contributed by atoms with E-state index in [1.54, 1.807) is 25.7 Å². The summed E-state index contributed by atoms with van der Waals surface area (Å²) < 4.78 is 26.0. The topological polar surface area (TPSA) is 171 Å². The Kier molecular flexibility index (Phi) is 13.5. The van der Waals surface area contributed by atoms with Gasteiger partial charge in [0.15, 0.2) is 9.84 Å². The summed E-state index contributed by atoms with van der Waals surface area (Å²) >= 11 is 0. The van der Waals surface area contributed by atoms with Crippen LogP contribution in [-0.2, 0) is 41.9 Å². The highest BCUT2D eigenvalue weighted by molar-refractivity contribution is 7.92. The zero-order chi connectivity index (χ0) is 41.1. The van der Waals surface area contributed by atoms with Crippen LogP contribution in [0, 0.1) is 23.2 Å². The molecule has 4 N–H and O–H groups in total. The third-order valence-electron chi connectivity index (χ3n) is 12.8. The molecule has 1 aromatic carbocycles. The predicted molar refractivity (Wildman–Crippen MR) is 217 cm³/mol. The first kappa shape index (κ1) is 43.4. The molecule has 5 rings (SSSR count). The maximum Gasteiger partial charge on any atom is 0.315 e. The average molecular weight is 796 g/mol. The van der Waals surface area contributed by atoms with Crippen LogP contribution in [0.3, 0.4) is 0 Å². The minimum atomic E-state index is -3.60. The van der Waals surface area contributed by atoms with Gasteiger partial charge in [-0.05, 0) is 93.6 Å². The van der Waals surface area contributed by atoms with E-state index in [4.69, 9.17) is 0 Å². The summed E-state index contributed by atoms with van der Waals surface area (Å²) in [5, 5.41) is 11.6. The number of hydrogen-bond acceptors (Lipinski definition) is 7. The van der Waals surface area contributed by atoms with Crippen molar-refractivity contribution in [3.05, 3.63) is 48.0 Å². The van der Waals surface area contributed by atoms with Crippen molar-refractivity contribution < 1.29 is 32.4 Å². The van der Waals surface area contributed by atoms with E-state index in [1.165, 1.54) is 6.08 Å². The lowest BCUT2D eigenvalue weighted by Gasteiger charge is -2.40. The van der Waals surface area contributed by atoms with Gasteiger partial charge >= 0.3 is 6.03 Å². The lowest BCUT2D eigenvalue weighted by Crippen LogP contribution is -2.63. The summed E-state index contributed by atoms with van der Waals surface area (Å²) in [5.74, 6) is -2.97. The van der Waals surface area contributed by atoms with Gasteiger partial charge in [0, 0.05) is 13.1 Å². The number of ketones is 1. The lowest BCUT2D eigenvalue weighted by molar-refractivity contribution is -0.144. The molecule has 0 spiro atoms. The molecule has 1 aliphatic heterocycles. The van der Waals surface area contributed by atoms with Gasteiger partial charge < -0.3 is 26.2 Å². The second-order valence-electron chi connectivity index (χ2n) is 18.9. The highest BCUT2D eigenvalue weighted by Gasteiger charge is 2.51. The van der Waals surface area contributed by atoms with Crippen LogP contribution < -0.4 is 21.3 Å². The Balaban J connectivity index is 1.44. The molecule has 1 aromatic rings. The first-order valence-corrected chi connectivity index (χ1v) is 22.3. The average Bonchev–Trinajstić information content (AvgIpc) is 3.75. The van der Waals surface area contributed by atoms with E-state index in [-0.39, 0.29) is 36.6 Å². The second kappa shape index (κ2) is 17.4. The van der Waals surface area contributed by atoms with Crippen molar-refractivity contribution in [2.24, 2.45) is 23.2 Å². The molecule has 0 bridgehead atoms. The predicted octanol–water partition coefficient (Wildman–Crippen LogP) is 4.79. The van der Waals surface area contributed by atoms with Crippen molar-refractivity contribution in [2.75, 3.05) is 18.8 Å². The zero-order valence-corrected chi connectivity index (χ0v) is 35.2. The number of nitrogens with zero attached hydrogens (tertiary/aromatic N) is 1. The first-order chi connectivity index (χ1) is 26.2. The Morgan fingerprint density at radius 2 is 1.54 bits per heavy atom. The third kappa shape index (κ3) is 10.0. The number of Topliss-reactive ketones (excluding diaryl/α,β-unsaturated/α-hetero) is 1. The molecule has 0 radical (unpaired) electrons. The van der Waals surface area contributed by atoms with Crippen LogP contribution in [0.25, 0.3) is 0 Å². The maximum atomic E-state index is 15.1. The quantitative estimate of drug-likeness (QED) is 0.155. The van der Waals surface area contributed by atoms with E-state index in [9.17, 15) is 27.6 Å². The highest BCUT2D eigenvalue weighted by atomic mass is 32.2. The highest BCUT2D eigenvalue weighted by Crippen LogP contribution is 2.41. The first-order valence-electron chi connectivity index (χ1n) is 20.7. The largest absolute Gasteiger partial charge is 0.346 e. The number of carbonyl (C=O) groups is 5. The number of rotatable bonds is 14. The van der Waals surface area contributed by atoms with Gasteiger partial charge in [0.2, 0.25) is 17.6 Å². The van der Waals surface area contributed by atoms with E-state index in [1.807, 2.05) is 45.0 Å². The van der Waals surface area contributed by atoms with Gasteiger partial charge in [-0.3, -0.25) is 19.2 Å². The Hall–Kier alpha value is -3.74. The molecular formula is C43H65N5O7S. The minimum Gasteiger partial charge on any atom is -0.346 e. The number of urea groups is 1. The van der Waals surface area contributed by atoms with Gasteiger partial charge in [-0.1, -0.05) is 89.6 Å². The molecular weight excluding hydrogens is 731 g/mol. The third-order valence-corrected chi connectivity index (χ3v) is 15.6. The molecule has 1 heterocycles. The van der Waals surface area contributed by atoms with E-state index in [2.05, 4.69) is 27.8 Å². The summed E-state index contributed by atoms with van der Waals surface area (Å²) in [5.41, 5.74) is 0.802. The number of amides is 5. The van der Waals surface area contributed by atoms with Crippen molar-refractivity contribution in [1.82, 2.24) is 26.2 Å². The molecule has 4 atom stereocenters. The summed E-state index contributed by atoms with van der Waals surface area (Å²) in [6, 6.07) is 4.34. The van der Waals surface area contributed by atoms with Crippen LogP contribution >= 0.6 is 0 Å². The van der Waals surface area contributed by atoms with Crippen LogP contribution in [0.1, 0.15) is 117 Å². The van der Waals surface area contributed by atoms with Crippen molar-refractivity contribution in [1.29, 1.82) is 0 Å². The molecule has 3 aliphatic carbocycles. The van der Waals surface area contributed by atoms with Crippen molar-refractivity contribution >= 4 is 39.4 Å². The molecule has 0 aromatic heterocycles. The van der Waals surface area contributed by atoms with E-state index in [0.717, 1.165) is 49.7 Å². The van der Waals surface area contributed by atoms with Crippen LogP contribution in [0.4, 0.5) is 4.79 Å². The molecule has 56 heavy (non-hydrogen) atoms. The molecule has 2 saturated carbocycles. The van der Waals surface area contributed by atoms with Gasteiger partial charge in [0.05, 0.1) is 22.1 Å². The molecule has 3 fully saturated rings. The van der Waals surface area contributed by atoms with Crippen LogP contribution in [0.15, 0.2) is 36.9 Å². The summed E-state index contributed by atoms with van der Waals surface area (Å²) in [6.07, 6.45) is 9.81. The molecule has 3 unspecified atom stereocenters. The molecule has 12 nitrogen and oxygen atoms in total. The van der Waals surface area contributed by atoms with Crippen LogP contribution in [-0.4, -0.2) is 90.1 Å². The van der Waals surface area contributed by atoms with Crippen molar-refractivity contribution in [3.63, 3.8) is 0 Å². The van der Waals surface area contributed by atoms with Gasteiger partial charge in [0.25, 0.3) is 5.91 Å². The van der Waals surface area contributed by atoms with E-state index >= 15 is 4.79 Å². The summed E-state index contributed by atoms with van der Waals surface area (Å²) in [7, 11) is -3.60. The van der Waals surface area contributed by atoms with Gasteiger partial charge in [-0.2, -0.15) is 0 Å². The number of carbonyl (C=O) groups excluding carboxylic acids is 5. The number of likely N-dealkylation sites (tertiary alicyclic amines) is 1. The number of fused-ring (bicyclic) bond motifs is 1. The summed E-state index contributed by atoms with van der Waals surface area (Å²) in [6.45, 7) is 15.1. The number of benzene rings is 1. The Morgan fingerprint density at radius 1 is 0.911 bits per heavy atom. The number of nitrogens with one attached hydrogen (secondary N) is 4. The molecule has 1 saturated heterocycles. The number of hydrogen-bond donors (Lipinski definition) is 4. The molecule has 310 valence electrons. The smallest absolute Gasteiger partial charge is 0.315 e. The SMILES string of the molecule is C=CCNC(=O)C(=O)C(CC1CCC1)NC(=O)C1C(C(C)(C)C)CCN1C(=O)[C@@H](NC(=O)NC1(CS(=O)(=O)C(C)(C)C)CCCCC1)C1Cc2ccccc2C1. The monoisotopic (exact) mass is 795 g/mol. The Labute approximate surface area is 334 Å². The second-order valence-corrected chi connectivity index (χ2v) is 21.7. The Morgan fingerprint density at radius 3 is 2.07 bits per heavy atom. The van der Waals surface area contributed by atoms with E-state index in [0.29, 0.717) is 38.5 Å². The van der Waals surface area contributed by atoms with Crippen molar-refractivity contribution in [2.45, 2.75) is 147 Å². The number of sulfone groups is 1. The normalized spacial score (nSPS) is 22.6. The molecule has 4 aliphatic rings. The molecule has 5 amide bonds. The fourth-order valence-corrected chi connectivity index (χ4v) is 10.7. The van der Waals surface area contributed by atoms with E-state index < -0.39 is 73.2 Å². The van der Waals surface area contributed by atoms with Gasteiger partial charge in [-0.15, -0.1) is 6.58 Å². The molecule has 13 heteroatoms. The summed E-state index contributed by atoms with van der Waals surface area (Å²) in [4.78, 5) is 71.7. The van der Waals surface area contributed by atoms with Crippen molar-refractivity contribution in [3.8, 4) is 0 Å². The maximum absolute atomic E-state index is 15.1. The fraction of sp³-hybridized carbons (Fsp3) is 0.698. The standard InChI is InChI=1S/C43H65N5O7S/c1-8-22-44-38(51)36(49)33(24-28-15-14-16-28)45-37(50)35-32(41(2,3)4)19-23-48(35)39(52)34(31-25-29-17-10-11-18-30(29)26-31)46-40(53)47-43(20-12-9-13-21-43)27-56(54,55)42(5,6)7/h8,10-11,17-18,28,31-35H,1,9,12-16,19-27H2,2-7H3,(H,44,51)(H,45,50)(H2,46,47,53)/t32?,33?,34-,35?/m0/s1. The minimum absolute atomic E-state index is 0.117. The fourth-order valence-electron chi connectivity index (χ4n) is 9.15. The Bertz CT molecular complexity index is 1730. The zero-order valence-electron chi connectivity index (χ0n) is 34.4. The van der Waals surface area contributed by atoms with Gasteiger partial charge in [-0.25, -0.2) is 13.2 Å². The van der Waals surface area contributed by atoms with Gasteiger partial charge in [0.1, 0.15) is 12.1 Å². The lowest BCUT2D eigenvalue weighted by atomic mass is 9.75. The van der Waals surface area contributed by atoms with Crippen LogP contribution in [0.5, 0.6) is 0 Å². The van der Waals surface area contributed by atoms with Crippen LogP contribution in [0.2, 0.25) is 0 Å².